The zero-order chi connectivity index (χ0) is 11.3. The largest absolute Gasteiger partial charge is 0.320 e. The van der Waals surface area contributed by atoms with Gasteiger partial charge in [-0.1, -0.05) is 34.7 Å². The van der Waals surface area contributed by atoms with Gasteiger partial charge in [0.1, 0.15) is 0 Å². The first-order valence-corrected chi connectivity index (χ1v) is 5.27. The number of carbonyl (C=O) groups is 1. The van der Waals surface area contributed by atoms with Crippen LogP contribution in [0.2, 0.25) is 0 Å². The molecule has 0 radical (unpaired) electrons. The van der Waals surface area contributed by atoms with Gasteiger partial charge in [-0.05, 0) is 12.0 Å². The smallest absolute Gasteiger partial charge is 0.319 e. The Bertz CT molecular complexity index is 459. The van der Waals surface area contributed by atoms with E-state index in [1.54, 1.807) is 12.1 Å². The molecule has 0 bridgehead atoms. The van der Waals surface area contributed by atoms with E-state index in [4.69, 9.17) is 5.73 Å². The number of hydrogen-bond acceptors (Lipinski definition) is 4. The van der Waals surface area contributed by atoms with Crippen LogP contribution in [0.15, 0.2) is 34.7 Å². The fraction of sp³-hybridized carbons (Fsp3) is 0.222. The number of nitrogens with two attached hydrogens (primary N) is 1. The molecule has 0 saturated heterocycles. The first-order chi connectivity index (χ1) is 7.09. The first kappa shape index (κ1) is 11.5. The van der Waals surface area contributed by atoms with Gasteiger partial charge in [0.2, 0.25) is 0 Å². The van der Waals surface area contributed by atoms with E-state index in [2.05, 4.69) is 4.36 Å². The molecule has 6 heteroatoms. The van der Waals surface area contributed by atoms with Crippen LogP contribution in [0.4, 0.5) is 0 Å². The number of benzene rings is 1. The number of nitrogens with zero attached hydrogens (tertiary/aromatic N) is 1. The number of carbonyl (C=O) groups excluding carboxylic acids is 1. The molecule has 80 valence electrons. The van der Waals surface area contributed by atoms with Gasteiger partial charge in [-0.2, -0.15) is 8.42 Å². The maximum absolute atomic E-state index is 11.1. The standard InChI is InChI=1S/C9H10N2O3S/c10-8(9(12)11-15(13)14)6-7-4-2-1-3-5-7/h1-5,8H,6,10H2/t8-/m0/s1. The Morgan fingerprint density at radius 2 is 1.93 bits per heavy atom. The van der Waals surface area contributed by atoms with Gasteiger partial charge >= 0.3 is 10.5 Å². The maximum atomic E-state index is 11.1. The SMILES string of the molecule is N[C@@H](Cc1ccccc1)C(=O)N=S(=O)=O. The molecule has 0 unspecified atom stereocenters. The minimum atomic E-state index is -2.73. The molecule has 1 aromatic rings. The van der Waals surface area contributed by atoms with Gasteiger partial charge in [-0.3, -0.25) is 4.79 Å². The van der Waals surface area contributed by atoms with Crippen molar-refractivity contribution >= 4 is 16.4 Å². The number of amides is 1. The molecular weight excluding hydrogens is 216 g/mol. The summed E-state index contributed by atoms with van der Waals surface area (Å²) in [5.74, 6) is -0.827. The van der Waals surface area contributed by atoms with Gasteiger partial charge in [0.25, 0.3) is 5.91 Å². The average Bonchev–Trinajstić information content (AvgIpc) is 2.18. The second kappa shape index (κ2) is 5.38. The lowest BCUT2D eigenvalue weighted by atomic mass is 10.1. The Kier molecular flexibility index (Phi) is 4.14. The molecule has 1 atom stereocenters. The van der Waals surface area contributed by atoms with Crippen molar-refractivity contribution < 1.29 is 13.2 Å². The van der Waals surface area contributed by atoms with Gasteiger partial charge in [-0.25, -0.2) is 0 Å². The second-order valence-electron chi connectivity index (χ2n) is 2.94. The summed E-state index contributed by atoms with van der Waals surface area (Å²) < 4.78 is 23.1. The van der Waals surface area contributed by atoms with Crippen molar-refractivity contribution in [3.8, 4) is 0 Å². The highest BCUT2D eigenvalue weighted by Gasteiger charge is 2.13. The van der Waals surface area contributed by atoms with E-state index >= 15 is 0 Å². The lowest BCUT2D eigenvalue weighted by Gasteiger charge is -2.05. The minimum absolute atomic E-state index is 0.278. The highest BCUT2D eigenvalue weighted by molar-refractivity contribution is 7.62. The second-order valence-corrected chi connectivity index (χ2v) is 3.56. The molecule has 0 aliphatic heterocycles. The Labute approximate surface area is 88.6 Å². The van der Waals surface area contributed by atoms with Crippen molar-refractivity contribution in [2.24, 2.45) is 10.1 Å². The fourth-order valence-corrected chi connectivity index (χ4v) is 1.38. The van der Waals surface area contributed by atoms with E-state index < -0.39 is 22.4 Å². The lowest BCUT2D eigenvalue weighted by Crippen LogP contribution is -2.31. The van der Waals surface area contributed by atoms with Crippen LogP contribution in [0, 0.1) is 0 Å². The zero-order valence-corrected chi connectivity index (χ0v) is 8.65. The summed E-state index contributed by atoms with van der Waals surface area (Å²) in [5, 5.41) is 0. The van der Waals surface area contributed by atoms with Crippen LogP contribution in [-0.2, 0) is 21.7 Å². The summed E-state index contributed by atoms with van der Waals surface area (Å²) in [5.41, 5.74) is 6.35. The molecule has 0 heterocycles. The molecule has 1 amide bonds. The molecule has 0 aliphatic carbocycles. The Morgan fingerprint density at radius 1 is 1.33 bits per heavy atom. The third-order valence-electron chi connectivity index (χ3n) is 1.78. The van der Waals surface area contributed by atoms with E-state index in [0.29, 0.717) is 0 Å². The molecule has 0 spiro atoms. The van der Waals surface area contributed by atoms with Crippen molar-refractivity contribution in [1.29, 1.82) is 0 Å². The van der Waals surface area contributed by atoms with E-state index in [9.17, 15) is 13.2 Å². The van der Waals surface area contributed by atoms with Crippen molar-refractivity contribution in [2.45, 2.75) is 12.5 Å². The van der Waals surface area contributed by atoms with Crippen LogP contribution < -0.4 is 5.73 Å². The first-order valence-electron chi connectivity index (χ1n) is 4.24. The fourth-order valence-electron chi connectivity index (χ4n) is 1.10. The summed E-state index contributed by atoms with van der Waals surface area (Å²) in [4.78, 5) is 11.1. The number of hydrogen-bond donors (Lipinski definition) is 1. The summed E-state index contributed by atoms with van der Waals surface area (Å²) in [7, 11) is -2.73. The molecule has 5 nitrogen and oxygen atoms in total. The minimum Gasteiger partial charge on any atom is -0.320 e. The normalized spacial score (nSPS) is 11.8. The molecule has 0 saturated carbocycles. The van der Waals surface area contributed by atoms with E-state index in [-0.39, 0.29) is 6.42 Å². The van der Waals surface area contributed by atoms with Gasteiger partial charge in [-0.15, -0.1) is 0 Å². The Morgan fingerprint density at radius 3 is 2.47 bits per heavy atom. The quantitative estimate of drug-likeness (QED) is 0.794. The summed E-state index contributed by atoms with van der Waals surface area (Å²) in [6.45, 7) is 0. The van der Waals surface area contributed by atoms with Crippen LogP contribution in [0.5, 0.6) is 0 Å². The molecule has 1 aromatic carbocycles. The predicted octanol–water partition coefficient (Wildman–Crippen LogP) is 0.146. The zero-order valence-electron chi connectivity index (χ0n) is 7.83. The Balaban J connectivity index is 2.68. The third-order valence-corrected chi connectivity index (χ3v) is 2.11. The van der Waals surface area contributed by atoms with Crippen LogP contribution in [0.25, 0.3) is 0 Å². The third kappa shape index (κ3) is 4.01. The molecule has 2 N–H and O–H groups in total. The van der Waals surface area contributed by atoms with Crippen molar-refractivity contribution in [3.63, 3.8) is 0 Å². The van der Waals surface area contributed by atoms with Crippen LogP contribution in [0.3, 0.4) is 0 Å². The molecule has 1 rings (SSSR count). The van der Waals surface area contributed by atoms with Crippen LogP contribution in [0.1, 0.15) is 5.56 Å². The van der Waals surface area contributed by atoms with Crippen LogP contribution in [-0.4, -0.2) is 20.4 Å². The molecule has 0 aromatic heterocycles. The topological polar surface area (TPSA) is 89.6 Å². The van der Waals surface area contributed by atoms with E-state index in [0.717, 1.165) is 5.56 Å². The van der Waals surface area contributed by atoms with Crippen molar-refractivity contribution in [2.75, 3.05) is 0 Å². The molecule has 15 heavy (non-hydrogen) atoms. The highest BCUT2D eigenvalue weighted by Crippen LogP contribution is 2.02. The average molecular weight is 226 g/mol. The Hall–Kier alpha value is -1.53. The maximum Gasteiger partial charge on any atom is 0.319 e. The van der Waals surface area contributed by atoms with Crippen molar-refractivity contribution in [3.05, 3.63) is 35.9 Å². The number of rotatable bonds is 3. The molecular formula is C9H10N2O3S. The van der Waals surface area contributed by atoms with Gasteiger partial charge in [0.15, 0.2) is 0 Å². The molecule has 0 aliphatic rings. The summed E-state index contributed by atoms with van der Waals surface area (Å²) in [6, 6.07) is 8.17. The molecule has 0 fully saturated rings. The van der Waals surface area contributed by atoms with Gasteiger partial charge < -0.3 is 5.73 Å². The highest BCUT2D eigenvalue weighted by atomic mass is 32.2. The van der Waals surface area contributed by atoms with E-state index in [1.165, 1.54) is 0 Å². The predicted molar refractivity (Wildman–Crippen MR) is 54.5 cm³/mol. The monoisotopic (exact) mass is 226 g/mol. The van der Waals surface area contributed by atoms with Crippen molar-refractivity contribution in [1.82, 2.24) is 0 Å². The summed E-state index contributed by atoms with van der Waals surface area (Å²) in [6.07, 6.45) is 0.278. The van der Waals surface area contributed by atoms with E-state index in [1.807, 2.05) is 18.2 Å². The lowest BCUT2D eigenvalue weighted by molar-refractivity contribution is -0.118. The van der Waals surface area contributed by atoms with Crippen LogP contribution >= 0.6 is 0 Å². The van der Waals surface area contributed by atoms with Gasteiger partial charge in [0.05, 0.1) is 6.04 Å². The van der Waals surface area contributed by atoms with Gasteiger partial charge in [0, 0.05) is 0 Å². The summed E-state index contributed by atoms with van der Waals surface area (Å²) >= 11 is 0.